The molecule has 1 aliphatic carbocycles. The fourth-order valence-corrected chi connectivity index (χ4v) is 3.03. The number of hydrogen-bond donors (Lipinski definition) is 2. The maximum atomic E-state index is 12.7. The van der Waals surface area contributed by atoms with Crippen LogP contribution in [-0.2, 0) is 14.8 Å². The first kappa shape index (κ1) is 15.9. The Morgan fingerprint density at radius 3 is 2.52 bits per heavy atom. The van der Waals surface area contributed by atoms with Crippen molar-refractivity contribution in [3.63, 3.8) is 0 Å². The normalized spacial score (nSPS) is 21.0. The molecule has 5 nitrogen and oxygen atoms in total. The van der Waals surface area contributed by atoms with Crippen LogP contribution in [0.2, 0.25) is 0 Å². The maximum absolute atomic E-state index is 12.7. The smallest absolute Gasteiger partial charge is 0.240 e. The number of nitrogens with one attached hydrogen (secondary N) is 2. The van der Waals surface area contributed by atoms with Crippen LogP contribution in [0.4, 0.5) is 4.39 Å². The zero-order valence-corrected chi connectivity index (χ0v) is 12.6. The molecule has 7 heteroatoms. The molecule has 2 N–H and O–H groups in total. The zero-order chi connectivity index (χ0) is 15.5. The number of rotatable bonds is 7. The van der Waals surface area contributed by atoms with Gasteiger partial charge in [0.15, 0.2) is 0 Å². The van der Waals surface area contributed by atoms with Crippen LogP contribution in [0.3, 0.4) is 0 Å². The third kappa shape index (κ3) is 4.78. The molecule has 1 aromatic carbocycles. The summed E-state index contributed by atoms with van der Waals surface area (Å²) in [6.45, 7) is 2.25. The van der Waals surface area contributed by atoms with Gasteiger partial charge in [0.2, 0.25) is 15.9 Å². The fourth-order valence-electron chi connectivity index (χ4n) is 1.95. The van der Waals surface area contributed by atoms with Crippen molar-refractivity contribution in [2.45, 2.75) is 37.1 Å². The minimum Gasteiger partial charge on any atom is -0.353 e. The fraction of sp³-hybridized carbons (Fsp3) is 0.500. The maximum Gasteiger partial charge on any atom is 0.240 e. The van der Waals surface area contributed by atoms with Gasteiger partial charge in [-0.2, -0.15) is 0 Å². The molecule has 1 amide bonds. The van der Waals surface area contributed by atoms with Crippen molar-refractivity contribution in [2.75, 3.05) is 6.54 Å². The number of carbonyl (C=O) groups excluding carboxylic acids is 1. The summed E-state index contributed by atoms with van der Waals surface area (Å²) in [5.74, 6) is 0.0104. The molecule has 1 aliphatic rings. The van der Waals surface area contributed by atoms with E-state index in [4.69, 9.17) is 0 Å². The molecule has 0 aromatic heterocycles. The number of carbonyl (C=O) groups is 1. The summed E-state index contributed by atoms with van der Waals surface area (Å²) >= 11 is 0. The highest BCUT2D eigenvalue weighted by molar-refractivity contribution is 7.89. The first-order chi connectivity index (χ1) is 9.88. The van der Waals surface area contributed by atoms with Gasteiger partial charge in [0, 0.05) is 19.0 Å². The molecule has 2 rings (SSSR count). The number of benzene rings is 1. The molecule has 0 saturated heterocycles. The largest absolute Gasteiger partial charge is 0.353 e. The predicted molar refractivity (Wildman–Crippen MR) is 76.5 cm³/mol. The van der Waals surface area contributed by atoms with Crippen LogP contribution >= 0.6 is 0 Å². The van der Waals surface area contributed by atoms with Crippen molar-refractivity contribution in [3.8, 4) is 0 Å². The summed E-state index contributed by atoms with van der Waals surface area (Å²) in [6, 6.07) is 4.89. The molecule has 1 fully saturated rings. The quantitative estimate of drug-likeness (QED) is 0.747. The molecule has 1 aromatic rings. The van der Waals surface area contributed by atoms with Crippen molar-refractivity contribution >= 4 is 15.9 Å². The second-order valence-electron chi connectivity index (χ2n) is 5.34. The van der Waals surface area contributed by atoms with Gasteiger partial charge in [-0.1, -0.05) is 6.92 Å². The molecule has 0 aliphatic heterocycles. The number of halogens is 1. The standard InChI is InChI=1S/C14H19FN2O3S/c1-10-9-13(10)17-14(18)3-2-8-16-21(19,20)12-6-4-11(15)5-7-12/h4-7,10,13,16H,2-3,8-9H2,1H3,(H,17,18)/t10-,13-/m0/s1. The molecule has 0 heterocycles. The van der Waals surface area contributed by atoms with E-state index in [9.17, 15) is 17.6 Å². The van der Waals surface area contributed by atoms with Gasteiger partial charge in [-0.05, 0) is 43.0 Å². The number of sulfonamides is 1. The highest BCUT2D eigenvalue weighted by Crippen LogP contribution is 2.28. The van der Waals surface area contributed by atoms with E-state index >= 15 is 0 Å². The summed E-state index contributed by atoms with van der Waals surface area (Å²) in [6.07, 6.45) is 1.73. The molecule has 21 heavy (non-hydrogen) atoms. The lowest BCUT2D eigenvalue weighted by atomic mass is 10.3. The van der Waals surface area contributed by atoms with E-state index in [2.05, 4.69) is 17.0 Å². The SMILES string of the molecule is C[C@H]1C[C@@H]1NC(=O)CCCNS(=O)(=O)c1ccc(F)cc1. The van der Waals surface area contributed by atoms with Gasteiger partial charge in [0.25, 0.3) is 0 Å². The average Bonchev–Trinajstić information content (AvgIpc) is 3.10. The third-order valence-electron chi connectivity index (χ3n) is 3.45. The van der Waals surface area contributed by atoms with E-state index in [1.807, 2.05) is 0 Å². The van der Waals surface area contributed by atoms with Crippen LogP contribution in [0.5, 0.6) is 0 Å². The van der Waals surface area contributed by atoms with Crippen LogP contribution in [0.25, 0.3) is 0 Å². The van der Waals surface area contributed by atoms with Crippen LogP contribution < -0.4 is 10.0 Å². The highest BCUT2D eigenvalue weighted by atomic mass is 32.2. The molecule has 2 atom stereocenters. The van der Waals surface area contributed by atoms with Gasteiger partial charge >= 0.3 is 0 Å². The van der Waals surface area contributed by atoms with E-state index in [1.165, 1.54) is 12.1 Å². The van der Waals surface area contributed by atoms with Gasteiger partial charge < -0.3 is 5.32 Å². The Labute approximate surface area is 124 Å². The predicted octanol–water partition coefficient (Wildman–Crippen LogP) is 1.41. The molecule has 1 saturated carbocycles. The summed E-state index contributed by atoms with van der Waals surface area (Å²) in [5.41, 5.74) is 0. The summed E-state index contributed by atoms with van der Waals surface area (Å²) in [4.78, 5) is 11.6. The van der Waals surface area contributed by atoms with E-state index in [0.29, 0.717) is 12.3 Å². The van der Waals surface area contributed by atoms with Crippen LogP contribution in [0, 0.1) is 11.7 Å². The molecular formula is C14H19FN2O3S. The Hall–Kier alpha value is -1.47. The first-order valence-electron chi connectivity index (χ1n) is 6.93. The van der Waals surface area contributed by atoms with Crippen molar-refractivity contribution in [3.05, 3.63) is 30.1 Å². The van der Waals surface area contributed by atoms with E-state index in [-0.39, 0.29) is 29.8 Å². The lowest BCUT2D eigenvalue weighted by molar-refractivity contribution is -0.121. The summed E-state index contributed by atoms with van der Waals surface area (Å²) in [5, 5.41) is 2.88. The van der Waals surface area contributed by atoms with E-state index in [0.717, 1.165) is 18.6 Å². The van der Waals surface area contributed by atoms with Gasteiger partial charge in [-0.25, -0.2) is 17.5 Å². The minimum absolute atomic E-state index is 0.0140. The average molecular weight is 314 g/mol. The van der Waals surface area contributed by atoms with Crippen LogP contribution in [0.15, 0.2) is 29.2 Å². The minimum atomic E-state index is -3.64. The molecular weight excluding hydrogens is 295 g/mol. The Morgan fingerprint density at radius 2 is 1.95 bits per heavy atom. The Kier molecular flexibility index (Phi) is 4.95. The second-order valence-corrected chi connectivity index (χ2v) is 7.11. The van der Waals surface area contributed by atoms with E-state index < -0.39 is 15.8 Å². The lowest BCUT2D eigenvalue weighted by Gasteiger charge is -2.07. The van der Waals surface area contributed by atoms with Crippen LogP contribution in [0.1, 0.15) is 26.2 Å². The highest BCUT2D eigenvalue weighted by Gasteiger charge is 2.33. The van der Waals surface area contributed by atoms with Crippen molar-refractivity contribution in [2.24, 2.45) is 5.92 Å². The van der Waals surface area contributed by atoms with Crippen molar-refractivity contribution < 1.29 is 17.6 Å². The Balaban J connectivity index is 1.72. The second kappa shape index (κ2) is 6.53. The molecule has 0 bridgehead atoms. The zero-order valence-electron chi connectivity index (χ0n) is 11.8. The molecule has 116 valence electrons. The Morgan fingerprint density at radius 1 is 1.33 bits per heavy atom. The topological polar surface area (TPSA) is 75.3 Å². The molecule has 0 spiro atoms. The number of amides is 1. The molecule has 0 radical (unpaired) electrons. The number of hydrogen-bond acceptors (Lipinski definition) is 3. The monoisotopic (exact) mass is 314 g/mol. The lowest BCUT2D eigenvalue weighted by Crippen LogP contribution is -2.29. The van der Waals surface area contributed by atoms with Crippen LogP contribution in [-0.4, -0.2) is 26.9 Å². The van der Waals surface area contributed by atoms with Crippen molar-refractivity contribution in [1.82, 2.24) is 10.0 Å². The van der Waals surface area contributed by atoms with Gasteiger partial charge in [0.05, 0.1) is 4.90 Å². The van der Waals surface area contributed by atoms with Gasteiger partial charge in [-0.3, -0.25) is 4.79 Å². The van der Waals surface area contributed by atoms with Gasteiger partial charge in [-0.15, -0.1) is 0 Å². The molecule has 0 unspecified atom stereocenters. The first-order valence-corrected chi connectivity index (χ1v) is 8.41. The summed E-state index contributed by atoms with van der Waals surface area (Å²) < 4.78 is 38.9. The van der Waals surface area contributed by atoms with E-state index in [1.54, 1.807) is 0 Å². The van der Waals surface area contributed by atoms with Crippen molar-refractivity contribution in [1.29, 1.82) is 0 Å². The Bertz CT molecular complexity index is 601. The summed E-state index contributed by atoms with van der Waals surface area (Å²) in [7, 11) is -3.64. The van der Waals surface area contributed by atoms with Gasteiger partial charge in [0.1, 0.15) is 5.82 Å². The third-order valence-corrected chi connectivity index (χ3v) is 4.93.